The minimum absolute atomic E-state index is 0.0704. The Bertz CT molecular complexity index is 851. The molecule has 2 heterocycles. The van der Waals surface area contributed by atoms with Gasteiger partial charge in [-0.25, -0.2) is 0 Å². The fraction of sp³-hybridized carbons (Fsp3) is 0.300. The van der Waals surface area contributed by atoms with Crippen molar-refractivity contribution < 1.29 is 9.59 Å². The van der Waals surface area contributed by atoms with Crippen LogP contribution >= 0.6 is 11.6 Å². The summed E-state index contributed by atoms with van der Waals surface area (Å²) in [5, 5.41) is 6.85. The number of Topliss-reactive ketones (excluding diaryl/α,β-unsaturated/α-hetero) is 1. The number of piperazine rings is 1. The zero-order valence-corrected chi connectivity index (χ0v) is 15.1. The monoisotopic (exact) mass is 369 g/mol. The molecule has 0 radical (unpaired) electrons. The molecule has 1 fully saturated rings. The Kier molecular flexibility index (Phi) is 4.66. The van der Waals surface area contributed by atoms with E-state index in [9.17, 15) is 9.59 Å². The zero-order valence-electron chi connectivity index (χ0n) is 14.3. The fourth-order valence-electron chi connectivity index (χ4n) is 3.54. The molecule has 0 aromatic heterocycles. The van der Waals surface area contributed by atoms with E-state index < -0.39 is 0 Å². The lowest BCUT2D eigenvalue weighted by molar-refractivity contribution is -0.116. The molecule has 1 amide bonds. The average molecular weight is 370 g/mol. The molecular weight excluding hydrogens is 350 g/mol. The number of nitrogens with zero attached hydrogens (tertiary/aromatic N) is 1. The van der Waals surface area contributed by atoms with Crippen LogP contribution in [0, 0.1) is 0 Å². The Balaban J connectivity index is 1.51. The number of fused-ring (bicyclic) bond motifs is 1. The maximum absolute atomic E-state index is 12.8. The van der Waals surface area contributed by atoms with Crippen LogP contribution in [0.15, 0.2) is 42.5 Å². The van der Waals surface area contributed by atoms with Gasteiger partial charge in [-0.3, -0.25) is 9.59 Å². The molecular formula is C20H20ClN3O2. The number of ketones is 1. The van der Waals surface area contributed by atoms with Crippen molar-refractivity contribution in [3.63, 3.8) is 0 Å². The van der Waals surface area contributed by atoms with E-state index in [2.05, 4.69) is 21.6 Å². The van der Waals surface area contributed by atoms with Gasteiger partial charge >= 0.3 is 0 Å². The largest absolute Gasteiger partial charge is 0.368 e. The lowest BCUT2D eigenvalue weighted by Gasteiger charge is -2.35. The number of rotatable bonds is 3. The Morgan fingerprint density at radius 1 is 1.12 bits per heavy atom. The van der Waals surface area contributed by atoms with Crippen molar-refractivity contribution in [3.8, 4) is 0 Å². The van der Waals surface area contributed by atoms with Crippen LogP contribution in [0.2, 0.25) is 5.02 Å². The van der Waals surface area contributed by atoms with Crippen LogP contribution in [0.5, 0.6) is 0 Å². The molecule has 0 aliphatic carbocycles. The molecule has 5 nitrogen and oxygen atoms in total. The van der Waals surface area contributed by atoms with Crippen molar-refractivity contribution in [2.45, 2.75) is 18.9 Å². The number of carbonyl (C=O) groups is 2. The highest BCUT2D eigenvalue weighted by molar-refractivity contribution is 6.30. The smallest absolute Gasteiger partial charge is 0.224 e. The van der Waals surface area contributed by atoms with Crippen molar-refractivity contribution >= 4 is 34.7 Å². The summed E-state index contributed by atoms with van der Waals surface area (Å²) in [5.41, 5.74) is 3.81. The van der Waals surface area contributed by atoms with E-state index >= 15 is 0 Å². The topological polar surface area (TPSA) is 61.4 Å². The van der Waals surface area contributed by atoms with Gasteiger partial charge in [-0.05, 0) is 54.4 Å². The Labute approximate surface area is 157 Å². The highest BCUT2D eigenvalue weighted by atomic mass is 35.5. The van der Waals surface area contributed by atoms with Gasteiger partial charge in [-0.15, -0.1) is 0 Å². The SMILES string of the molecule is O=C1CCc2cc(N3CCNC(C(=O)c4ccc(Cl)cc4)C3)ccc2N1. The lowest BCUT2D eigenvalue weighted by Crippen LogP contribution is -2.54. The van der Waals surface area contributed by atoms with Crippen molar-refractivity contribution in [1.29, 1.82) is 0 Å². The summed E-state index contributed by atoms with van der Waals surface area (Å²) in [7, 11) is 0. The molecule has 26 heavy (non-hydrogen) atoms. The van der Waals surface area contributed by atoms with E-state index in [-0.39, 0.29) is 17.7 Å². The number of carbonyl (C=O) groups excluding carboxylic acids is 2. The van der Waals surface area contributed by atoms with E-state index in [0.29, 0.717) is 23.6 Å². The standard InChI is InChI=1S/C20H20ClN3O2/c21-15-4-1-13(2-5-15)20(26)18-12-24(10-9-22-18)16-6-7-17-14(11-16)3-8-19(25)23-17/h1-2,4-7,11,18,22H,3,8-10,12H2,(H,23,25). The van der Waals surface area contributed by atoms with Crippen LogP contribution in [0.1, 0.15) is 22.3 Å². The van der Waals surface area contributed by atoms with Gasteiger partial charge in [0.2, 0.25) is 5.91 Å². The predicted octanol–water partition coefficient (Wildman–Crippen LogP) is 2.89. The number of hydrogen-bond acceptors (Lipinski definition) is 4. The van der Waals surface area contributed by atoms with Crippen LogP contribution in [0.25, 0.3) is 0 Å². The number of benzene rings is 2. The van der Waals surface area contributed by atoms with E-state index in [1.54, 1.807) is 24.3 Å². The molecule has 0 bridgehead atoms. The zero-order chi connectivity index (χ0) is 18.1. The first-order valence-electron chi connectivity index (χ1n) is 8.81. The first-order valence-corrected chi connectivity index (χ1v) is 9.19. The number of nitrogens with one attached hydrogen (secondary N) is 2. The summed E-state index contributed by atoms with van der Waals surface area (Å²) >= 11 is 5.91. The van der Waals surface area contributed by atoms with Gasteiger partial charge in [-0.2, -0.15) is 0 Å². The quantitative estimate of drug-likeness (QED) is 0.817. The molecule has 1 atom stereocenters. The highest BCUT2D eigenvalue weighted by Gasteiger charge is 2.27. The fourth-order valence-corrected chi connectivity index (χ4v) is 3.67. The van der Waals surface area contributed by atoms with Gasteiger partial charge in [0.05, 0.1) is 6.04 Å². The lowest BCUT2D eigenvalue weighted by atomic mass is 10.00. The van der Waals surface area contributed by atoms with Gasteiger partial charge < -0.3 is 15.5 Å². The summed E-state index contributed by atoms with van der Waals surface area (Å²) in [6.07, 6.45) is 1.28. The summed E-state index contributed by atoms with van der Waals surface area (Å²) in [6, 6.07) is 12.9. The van der Waals surface area contributed by atoms with E-state index in [0.717, 1.165) is 36.4 Å². The van der Waals surface area contributed by atoms with Gasteiger partial charge in [0.25, 0.3) is 0 Å². The first-order chi connectivity index (χ1) is 12.6. The van der Waals surface area contributed by atoms with Crippen molar-refractivity contribution in [1.82, 2.24) is 5.32 Å². The van der Waals surface area contributed by atoms with Crippen LogP contribution in [-0.4, -0.2) is 37.4 Å². The normalized spacial score (nSPS) is 19.7. The van der Waals surface area contributed by atoms with E-state index in [1.165, 1.54) is 0 Å². The molecule has 4 rings (SSSR count). The number of amides is 1. The molecule has 0 saturated carbocycles. The minimum atomic E-state index is -0.249. The molecule has 6 heteroatoms. The molecule has 0 spiro atoms. The highest BCUT2D eigenvalue weighted by Crippen LogP contribution is 2.28. The van der Waals surface area contributed by atoms with Crippen LogP contribution in [0.3, 0.4) is 0 Å². The summed E-state index contributed by atoms with van der Waals surface area (Å²) in [4.78, 5) is 26.5. The summed E-state index contributed by atoms with van der Waals surface area (Å²) in [5.74, 6) is 0.151. The van der Waals surface area contributed by atoms with Crippen molar-refractivity contribution in [2.24, 2.45) is 0 Å². The molecule has 2 aromatic carbocycles. The molecule has 2 aliphatic rings. The predicted molar refractivity (Wildman–Crippen MR) is 103 cm³/mol. The third-order valence-corrected chi connectivity index (χ3v) is 5.22. The first kappa shape index (κ1) is 17.1. The second kappa shape index (κ2) is 7.09. The van der Waals surface area contributed by atoms with Gasteiger partial charge in [0, 0.05) is 48.0 Å². The molecule has 2 N–H and O–H groups in total. The second-order valence-corrected chi connectivity index (χ2v) is 7.15. The van der Waals surface area contributed by atoms with Crippen molar-refractivity contribution in [3.05, 3.63) is 58.6 Å². The van der Waals surface area contributed by atoms with Crippen LogP contribution in [0.4, 0.5) is 11.4 Å². The Hall–Kier alpha value is -2.37. The summed E-state index contributed by atoms with van der Waals surface area (Å²) in [6.45, 7) is 2.21. The maximum Gasteiger partial charge on any atom is 0.224 e. The number of halogens is 1. The van der Waals surface area contributed by atoms with Gasteiger partial charge in [0.1, 0.15) is 0 Å². The number of hydrogen-bond donors (Lipinski definition) is 2. The molecule has 2 aliphatic heterocycles. The number of anilines is 2. The molecule has 2 aromatic rings. The number of aryl methyl sites for hydroxylation is 1. The second-order valence-electron chi connectivity index (χ2n) is 6.71. The average Bonchev–Trinajstić information content (AvgIpc) is 2.68. The Morgan fingerprint density at radius 2 is 1.92 bits per heavy atom. The molecule has 134 valence electrons. The maximum atomic E-state index is 12.8. The molecule has 1 unspecified atom stereocenters. The van der Waals surface area contributed by atoms with Gasteiger partial charge in [0.15, 0.2) is 5.78 Å². The molecule has 1 saturated heterocycles. The van der Waals surface area contributed by atoms with Gasteiger partial charge in [-0.1, -0.05) is 11.6 Å². The van der Waals surface area contributed by atoms with Crippen LogP contribution in [-0.2, 0) is 11.2 Å². The van der Waals surface area contributed by atoms with Crippen LogP contribution < -0.4 is 15.5 Å². The van der Waals surface area contributed by atoms with E-state index in [4.69, 9.17) is 11.6 Å². The third-order valence-electron chi connectivity index (χ3n) is 4.97. The third kappa shape index (κ3) is 3.45. The Morgan fingerprint density at radius 3 is 2.73 bits per heavy atom. The van der Waals surface area contributed by atoms with E-state index in [1.807, 2.05) is 12.1 Å². The summed E-state index contributed by atoms with van der Waals surface area (Å²) < 4.78 is 0. The van der Waals surface area contributed by atoms with Crippen molar-refractivity contribution in [2.75, 3.05) is 29.9 Å². The minimum Gasteiger partial charge on any atom is -0.368 e.